The standard InChI is InChI=1S/C21H26N2O5S/c1-27-20(24)6-4-3-5-13-28-18-12-11-17(14-19(18)29(2,25)26)15-7-9-16(10-8-15)21(22)23/h7-12,14H,3-6,13H2,1-2H3,(H3,22,23). The van der Waals surface area contributed by atoms with Crippen LogP contribution in [0.2, 0.25) is 0 Å². The van der Waals surface area contributed by atoms with Gasteiger partial charge in [-0.25, -0.2) is 8.42 Å². The van der Waals surface area contributed by atoms with Gasteiger partial charge in [-0.15, -0.1) is 0 Å². The summed E-state index contributed by atoms with van der Waals surface area (Å²) in [6.45, 7) is 0.357. The Labute approximate surface area is 171 Å². The zero-order chi connectivity index (χ0) is 21.4. The number of nitrogens with one attached hydrogen (secondary N) is 1. The fraction of sp³-hybridized carbons (Fsp3) is 0.333. The Kier molecular flexibility index (Phi) is 7.78. The number of carbonyl (C=O) groups excluding carboxylic acids is 1. The summed E-state index contributed by atoms with van der Waals surface area (Å²) < 4.78 is 34.8. The second-order valence-corrected chi connectivity index (χ2v) is 8.64. The zero-order valence-corrected chi connectivity index (χ0v) is 17.4. The van der Waals surface area contributed by atoms with Crippen LogP contribution < -0.4 is 10.5 Å². The smallest absolute Gasteiger partial charge is 0.305 e. The number of sulfone groups is 1. The Morgan fingerprint density at radius 2 is 1.69 bits per heavy atom. The van der Waals surface area contributed by atoms with Crippen molar-refractivity contribution in [1.29, 1.82) is 5.41 Å². The molecule has 2 aromatic carbocycles. The predicted molar refractivity (Wildman–Crippen MR) is 112 cm³/mol. The van der Waals surface area contributed by atoms with Crippen molar-refractivity contribution >= 4 is 21.6 Å². The molecule has 0 atom stereocenters. The maximum Gasteiger partial charge on any atom is 0.305 e. The van der Waals surface area contributed by atoms with Gasteiger partial charge in [-0.3, -0.25) is 10.2 Å². The minimum Gasteiger partial charge on any atom is -0.492 e. The van der Waals surface area contributed by atoms with Gasteiger partial charge in [-0.1, -0.05) is 30.3 Å². The number of unbranched alkanes of at least 4 members (excludes halogenated alkanes) is 2. The second kappa shape index (κ2) is 10.1. The summed E-state index contributed by atoms with van der Waals surface area (Å²) in [6.07, 6.45) is 3.69. The van der Waals surface area contributed by atoms with Crippen molar-refractivity contribution < 1.29 is 22.7 Å². The third kappa shape index (κ3) is 6.60. The Morgan fingerprint density at radius 1 is 1.03 bits per heavy atom. The van der Waals surface area contributed by atoms with Gasteiger partial charge in [0.1, 0.15) is 16.5 Å². The highest BCUT2D eigenvalue weighted by Gasteiger charge is 2.16. The number of hydrogen-bond donors (Lipinski definition) is 2. The summed E-state index contributed by atoms with van der Waals surface area (Å²) in [5.41, 5.74) is 7.61. The molecule has 0 fully saturated rings. The van der Waals surface area contributed by atoms with Crippen LogP contribution in [-0.4, -0.2) is 40.2 Å². The van der Waals surface area contributed by atoms with Gasteiger partial charge in [0.05, 0.1) is 13.7 Å². The van der Waals surface area contributed by atoms with Crippen molar-refractivity contribution in [2.75, 3.05) is 20.0 Å². The number of ether oxygens (including phenoxy) is 2. The summed E-state index contributed by atoms with van der Waals surface area (Å²) in [5, 5.41) is 7.45. The molecular weight excluding hydrogens is 392 g/mol. The number of benzene rings is 2. The molecule has 0 amide bonds. The minimum absolute atomic E-state index is 0.0243. The highest BCUT2D eigenvalue weighted by molar-refractivity contribution is 7.90. The number of rotatable bonds is 10. The maximum absolute atomic E-state index is 12.2. The van der Waals surface area contributed by atoms with Crippen molar-refractivity contribution in [3.63, 3.8) is 0 Å². The van der Waals surface area contributed by atoms with Crippen LogP contribution in [0, 0.1) is 5.41 Å². The van der Waals surface area contributed by atoms with Gasteiger partial charge < -0.3 is 15.2 Å². The van der Waals surface area contributed by atoms with Gasteiger partial charge in [0.15, 0.2) is 9.84 Å². The molecule has 0 aliphatic heterocycles. The molecule has 2 aromatic rings. The summed E-state index contributed by atoms with van der Waals surface area (Å²) >= 11 is 0. The van der Waals surface area contributed by atoms with Crippen LogP contribution in [0.15, 0.2) is 47.4 Å². The lowest BCUT2D eigenvalue weighted by Gasteiger charge is -2.13. The molecule has 8 heteroatoms. The second-order valence-electron chi connectivity index (χ2n) is 6.66. The molecule has 7 nitrogen and oxygen atoms in total. The van der Waals surface area contributed by atoms with E-state index in [1.165, 1.54) is 7.11 Å². The lowest BCUT2D eigenvalue weighted by Crippen LogP contribution is -2.10. The molecule has 0 heterocycles. The van der Waals surface area contributed by atoms with E-state index in [1.54, 1.807) is 42.5 Å². The Morgan fingerprint density at radius 3 is 2.28 bits per heavy atom. The van der Waals surface area contributed by atoms with Crippen molar-refractivity contribution in [2.24, 2.45) is 5.73 Å². The zero-order valence-electron chi connectivity index (χ0n) is 16.6. The number of nitrogen functional groups attached to an aromatic ring is 1. The highest BCUT2D eigenvalue weighted by atomic mass is 32.2. The molecule has 0 saturated carbocycles. The van der Waals surface area contributed by atoms with Crippen LogP contribution in [-0.2, 0) is 19.4 Å². The average Bonchev–Trinajstić information content (AvgIpc) is 2.69. The molecule has 0 aromatic heterocycles. The normalized spacial score (nSPS) is 11.1. The highest BCUT2D eigenvalue weighted by Crippen LogP contribution is 2.30. The summed E-state index contributed by atoms with van der Waals surface area (Å²) in [6, 6.07) is 12.1. The van der Waals surface area contributed by atoms with E-state index in [0.717, 1.165) is 23.8 Å². The van der Waals surface area contributed by atoms with Gasteiger partial charge in [0.25, 0.3) is 0 Å². The van der Waals surface area contributed by atoms with Crippen LogP contribution in [0.1, 0.15) is 31.2 Å². The van der Waals surface area contributed by atoms with E-state index in [1.807, 2.05) is 0 Å². The molecule has 3 N–H and O–H groups in total. The third-order valence-electron chi connectivity index (χ3n) is 4.38. The fourth-order valence-electron chi connectivity index (χ4n) is 2.77. The first-order valence-electron chi connectivity index (χ1n) is 9.21. The number of carbonyl (C=O) groups is 1. The van der Waals surface area contributed by atoms with Gasteiger partial charge in [-0.2, -0.15) is 0 Å². The fourth-order valence-corrected chi connectivity index (χ4v) is 3.60. The first-order valence-corrected chi connectivity index (χ1v) is 11.1. The van der Waals surface area contributed by atoms with E-state index in [9.17, 15) is 13.2 Å². The van der Waals surface area contributed by atoms with E-state index < -0.39 is 9.84 Å². The SMILES string of the molecule is COC(=O)CCCCCOc1ccc(-c2ccc(C(=N)N)cc2)cc1S(C)(=O)=O. The molecule has 0 aliphatic rings. The van der Waals surface area contributed by atoms with E-state index >= 15 is 0 Å². The summed E-state index contributed by atoms with van der Waals surface area (Å²) in [5.74, 6) is 0.0467. The predicted octanol–water partition coefficient (Wildman–Crippen LogP) is 3.15. The van der Waals surface area contributed by atoms with Gasteiger partial charge in [0, 0.05) is 18.2 Å². The number of nitrogens with two attached hydrogens (primary N) is 1. The van der Waals surface area contributed by atoms with Crippen LogP contribution in [0.4, 0.5) is 0 Å². The summed E-state index contributed by atoms with van der Waals surface area (Å²) in [4.78, 5) is 11.2. The third-order valence-corrected chi connectivity index (χ3v) is 5.50. The molecule has 29 heavy (non-hydrogen) atoms. The van der Waals surface area contributed by atoms with Crippen LogP contribution in [0.3, 0.4) is 0 Å². The Bertz CT molecular complexity index is 969. The number of esters is 1. The maximum atomic E-state index is 12.2. The first-order chi connectivity index (χ1) is 13.7. The van der Waals surface area contributed by atoms with E-state index in [-0.39, 0.29) is 16.7 Å². The molecule has 0 bridgehead atoms. The van der Waals surface area contributed by atoms with Crippen molar-refractivity contribution in [1.82, 2.24) is 0 Å². The van der Waals surface area contributed by atoms with E-state index in [2.05, 4.69) is 4.74 Å². The molecule has 0 unspecified atom stereocenters. The number of methoxy groups -OCH3 is 1. The van der Waals surface area contributed by atoms with Gasteiger partial charge in [-0.05, 0) is 42.5 Å². The monoisotopic (exact) mass is 418 g/mol. The Hall–Kier alpha value is -2.87. The first kappa shape index (κ1) is 22.4. The van der Waals surface area contributed by atoms with Crippen molar-refractivity contribution in [3.05, 3.63) is 48.0 Å². The van der Waals surface area contributed by atoms with Crippen LogP contribution in [0.25, 0.3) is 11.1 Å². The Balaban J connectivity index is 2.10. The topological polar surface area (TPSA) is 120 Å². The van der Waals surface area contributed by atoms with Gasteiger partial charge >= 0.3 is 5.97 Å². The molecule has 2 rings (SSSR count). The van der Waals surface area contributed by atoms with Crippen molar-refractivity contribution in [3.8, 4) is 16.9 Å². The molecule has 0 spiro atoms. The lowest BCUT2D eigenvalue weighted by molar-refractivity contribution is -0.140. The minimum atomic E-state index is -3.49. The quantitative estimate of drug-likeness (QED) is 0.265. The van der Waals surface area contributed by atoms with Crippen LogP contribution >= 0.6 is 0 Å². The van der Waals surface area contributed by atoms with Crippen LogP contribution in [0.5, 0.6) is 5.75 Å². The number of hydrogen-bond acceptors (Lipinski definition) is 6. The van der Waals surface area contributed by atoms with Crippen molar-refractivity contribution in [2.45, 2.75) is 30.6 Å². The molecule has 0 radical (unpaired) electrons. The molecule has 156 valence electrons. The largest absolute Gasteiger partial charge is 0.492 e. The molecular formula is C21H26N2O5S. The summed E-state index contributed by atoms with van der Waals surface area (Å²) in [7, 11) is -2.13. The van der Waals surface area contributed by atoms with E-state index in [0.29, 0.717) is 37.2 Å². The average molecular weight is 419 g/mol. The van der Waals surface area contributed by atoms with E-state index in [4.69, 9.17) is 15.9 Å². The molecule has 0 saturated heterocycles. The molecule has 0 aliphatic carbocycles. The number of amidine groups is 1. The van der Waals surface area contributed by atoms with Gasteiger partial charge in [0.2, 0.25) is 0 Å². The lowest BCUT2D eigenvalue weighted by atomic mass is 10.0.